The molecule has 0 aliphatic rings. The Morgan fingerprint density at radius 3 is 2.64 bits per heavy atom. The minimum atomic E-state index is -0.461. The van der Waals surface area contributed by atoms with E-state index in [1.165, 1.54) is 12.1 Å². The molecule has 0 aliphatic carbocycles. The van der Waals surface area contributed by atoms with Crippen molar-refractivity contribution in [2.24, 2.45) is 5.73 Å². The average Bonchev–Trinajstić information content (AvgIpc) is 2.11. The summed E-state index contributed by atoms with van der Waals surface area (Å²) in [4.78, 5) is 0. The molecule has 0 unspecified atom stereocenters. The zero-order chi connectivity index (χ0) is 10.7. The Bertz CT molecular complexity index is 328. The van der Waals surface area contributed by atoms with Gasteiger partial charge in [-0.1, -0.05) is 36.5 Å². The van der Waals surface area contributed by atoms with E-state index in [4.69, 9.17) is 28.9 Å². The summed E-state index contributed by atoms with van der Waals surface area (Å²) >= 11 is 11.4. The number of hydrogen-bond acceptors (Lipinski definition) is 1. The highest BCUT2D eigenvalue weighted by Gasteiger charge is 2.14. The van der Waals surface area contributed by atoms with E-state index in [2.05, 4.69) is 0 Å². The van der Waals surface area contributed by atoms with Crippen LogP contribution in [0.4, 0.5) is 4.39 Å². The fourth-order valence-corrected chi connectivity index (χ4v) is 1.82. The van der Waals surface area contributed by atoms with Crippen molar-refractivity contribution in [1.82, 2.24) is 0 Å². The van der Waals surface area contributed by atoms with Crippen LogP contribution in [0.25, 0.3) is 0 Å². The van der Waals surface area contributed by atoms with Crippen molar-refractivity contribution in [3.63, 3.8) is 0 Å². The van der Waals surface area contributed by atoms with Crippen LogP contribution in [0.15, 0.2) is 12.1 Å². The Labute approximate surface area is 93.0 Å². The third-order valence-electron chi connectivity index (χ3n) is 2.02. The molecule has 1 atom stereocenters. The average molecular weight is 236 g/mol. The highest BCUT2D eigenvalue weighted by atomic mass is 35.5. The highest BCUT2D eigenvalue weighted by Crippen LogP contribution is 2.28. The largest absolute Gasteiger partial charge is 0.324 e. The van der Waals surface area contributed by atoms with Crippen LogP contribution in [-0.4, -0.2) is 0 Å². The lowest BCUT2D eigenvalue weighted by atomic mass is 10.0. The molecule has 0 spiro atoms. The monoisotopic (exact) mass is 235 g/mol. The predicted octanol–water partition coefficient (Wildman–Crippen LogP) is 3.93. The number of hydrogen-bond donors (Lipinski definition) is 1. The maximum Gasteiger partial charge on any atom is 0.146 e. The molecule has 2 N–H and O–H groups in total. The molecule has 1 rings (SSSR count). The molecule has 78 valence electrons. The minimum Gasteiger partial charge on any atom is -0.324 e. The summed E-state index contributed by atoms with van der Waals surface area (Å²) in [5, 5.41) is 0.442. The summed E-state index contributed by atoms with van der Waals surface area (Å²) in [7, 11) is 0. The van der Waals surface area contributed by atoms with Crippen LogP contribution >= 0.6 is 23.2 Å². The molecule has 1 aromatic carbocycles. The van der Waals surface area contributed by atoms with Gasteiger partial charge in [-0.25, -0.2) is 4.39 Å². The third kappa shape index (κ3) is 2.59. The lowest BCUT2D eigenvalue weighted by Crippen LogP contribution is -2.12. The topological polar surface area (TPSA) is 26.0 Å². The highest BCUT2D eigenvalue weighted by molar-refractivity contribution is 6.34. The maximum atomic E-state index is 13.5. The summed E-state index contributed by atoms with van der Waals surface area (Å²) in [6.45, 7) is 1.99. The first-order valence-electron chi connectivity index (χ1n) is 4.46. The van der Waals surface area contributed by atoms with Gasteiger partial charge in [0.15, 0.2) is 0 Å². The second kappa shape index (κ2) is 4.96. The summed E-state index contributed by atoms with van der Waals surface area (Å²) in [5.74, 6) is -0.461. The van der Waals surface area contributed by atoms with E-state index in [1.54, 1.807) is 0 Å². The van der Waals surface area contributed by atoms with E-state index in [9.17, 15) is 4.39 Å². The molecule has 0 heterocycles. The van der Waals surface area contributed by atoms with E-state index in [-0.39, 0.29) is 11.1 Å². The smallest absolute Gasteiger partial charge is 0.146 e. The summed E-state index contributed by atoms with van der Waals surface area (Å²) in [6.07, 6.45) is 1.61. The normalized spacial score (nSPS) is 12.9. The van der Waals surface area contributed by atoms with Crippen LogP contribution in [-0.2, 0) is 0 Å². The SMILES string of the molecule is CCC[C@H](N)c1cc(Cl)cc(Cl)c1F. The quantitative estimate of drug-likeness (QED) is 0.790. The zero-order valence-electron chi connectivity index (χ0n) is 7.86. The number of halogens is 3. The van der Waals surface area contributed by atoms with Gasteiger partial charge in [0.1, 0.15) is 5.82 Å². The van der Waals surface area contributed by atoms with E-state index >= 15 is 0 Å². The van der Waals surface area contributed by atoms with Crippen molar-refractivity contribution in [2.75, 3.05) is 0 Å². The molecule has 0 amide bonds. The first-order chi connectivity index (χ1) is 6.56. The van der Waals surface area contributed by atoms with E-state index in [0.29, 0.717) is 17.0 Å². The van der Waals surface area contributed by atoms with Gasteiger partial charge >= 0.3 is 0 Å². The Balaban J connectivity index is 3.07. The molecule has 0 saturated heterocycles. The van der Waals surface area contributed by atoms with Gasteiger partial charge < -0.3 is 5.73 Å². The van der Waals surface area contributed by atoms with Gasteiger partial charge in [-0.05, 0) is 18.6 Å². The Morgan fingerprint density at radius 1 is 1.43 bits per heavy atom. The summed E-state index contributed by atoms with van der Waals surface area (Å²) in [6, 6.07) is 2.57. The lowest BCUT2D eigenvalue weighted by molar-refractivity contribution is 0.560. The van der Waals surface area contributed by atoms with Crippen LogP contribution in [0, 0.1) is 5.82 Å². The van der Waals surface area contributed by atoms with Gasteiger partial charge in [0.2, 0.25) is 0 Å². The van der Waals surface area contributed by atoms with Crippen molar-refractivity contribution in [2.45, 2.75) is 25.8 Å². The van der Waals surface area contributed by atoms with Crippen LogP contribution in [0.1, 0.15) is 31.4 Å². The zero-order valence-corrected chi connectivity index (χ0v) is 9.37. The van der Waals surface area contributed by atoms with Crippen LogP contribution < -0.4 is 5.73 Å². The second-order valence-electron chi connectivity index (χ2n) is 3.19. The van der Waals surface area contributed by atoms with E-state index in [0.717, 1.165) is 6.42 Å². The second-order valence-corrected chi connectivity index (χ2v) is 4.03. The number of benzene rings is 1. The Kier molecular flexibility index (Phi) is 4.17. The van der Waals surface area contributed by atoms with Crippen molar-refractivity contribution >= 4 is 23.2 Å². The van der Waals surface area contributed by atoms with Gasteiger partial charge in [-0.15, -0.1) is 0 Å². The van der Waals surface area contributed by atoms with E-state index in [1.807, 2.05) is 6.92 Å². The standard InChI is InChI=1S/C10H12Cl2FN/c1-2-3-9(14)7-4-6(11)5-8(12)10(7)13/h4-5,9H,2-3,14H2,1H3/t9-/m0/s1. The molecule has 0 saturated carbocycles. The molecular weight excluding hydrogens is 224 g/mol. The first kappa shape index (κ1) is 11.8. The number of nitrogens with two attached hydrogens (primary N) is 1. The maximum absolute atomic E-state index is 13.5. The molecule has 1 aromatic rings. The molecule has 0 bridgehead atoms. The molecule has 14 heavy (non-hydrogen) atoms. The van der Waals surface area contributed by atoms with Gasteiger partial charge in [-0.3, -0.25) is 0 Å². The summed E-state index contributed by atoms with van der Waals surface area (Å²) in [5.41, 5.74) is 6.18. The number of rotatable bonds is 3. The van der Waals surface area contributed by atoms with Gasteiger partial charge in [0, 0.05) is 16.6 Å². The van der Waals surface area contributed by atoms with Gasteiger partial charge in [-0.2, -0.15) is 0 Å². The lowest BCUT2D eigenvalue weighted by Gasteiger charge is -2.12. The fourth-order valence-electron chi connectivity index (χ4n) is 1.31. The summed E-state index contributed by atoms with van der Waals surface area (Å²) < 4.78 is 13.5. The van der Waals surface area contributed by atoms with Crippen LogP contribution in [0.2, 0.25) is 10.0 Å². The van der Waals surface area contributed by atoms with Crippen LogP contribution in [0.3, 0.4) is 0 Å². The predicted molar refractivity (Wildman–Crippen MR) is 58.3 cm³/mol. The first-order valence-corrected chi connectivity index (χ1v) is 5.21. The minimum absolute atomic E-state index is 0.0269. The molecule has 0 aromatic heterocycles. The molecule has 0 aliphatic heterocycles. The van der Waals surface area contributed by atoms with Gasteiger partial charge in [0.25, 0.3) is 0 Å². The molecule has 1 nitrogen and oxygen atoms in total. The van der Waals surface area contributed by atoms with Gasteiger partial charge in [0.05, 0.1) is 5.02 Å². The fraction of sp³-hybridized carbons (Fsp3) is 0.400. The van der Waals surface area contributed by atoms with Crippen LogP contribution in [0.5, 0.6) is 0 Å². The molecule has 0 radical (unpaired) electrons. The Hall–Kier alpha value is -0.310. The third-order valence-corrected chi connectivity index (χ3v) is 2.51. The molecule has 4 heteroatoms. The van der Waals surface area contributed by atoms with Crippen molar-refractivity contribution < 1.29 is 4.39 Å². The van der Waals surface area contributed by atoms with Crippen molar-refractivity contribution in [3.8, 4) is 0 Å². The van der Waals surface area contributed by atoms with Crippen molar-refractivity contribution in [3.05, 3.63) is 33.6 Å². The van der Waals surface area contributed by atoms with E-state index < -0.39 is 5.82 Å². The molecule has 0 fully saturated rings. The molecular formula is C10H12Cl2FN. The Morgan fingerprint density at radius 2 is 2.07 bits per heavy atom. The van der Waals surface area contributed by atoms with Crippen molar-refractivity contribution in [1.29, 1.82) is 0 Å².